The topological polar surface area (TPSA) is 47.0 Å². The van der Waals surface area contributed by atoms with Crippen LogP contribution in [0.4, 0.5) is 4.39 Å². The summed E-state index contributed by atoms with van der Waals surface area (Å²) in [4.78, 5) is 0. The number of rotatable bonds is 6. The summed E-state index contributed by atoms with van der Waals surface area (Å²) in [5.41, 5.74) is 1.69. The Morgan fingerprint density at radius 3 is 2.80 bits per heavy atom. The second kappa shape index (κ2) is 6.96. The van der Waals surface area contributed by atoms with Gasteiger partial charge in [-0.1, -0.05) is 6.92 Å². The lowest BCUT2D eigenvalue weighted by Crippen LogP contribution is -2.24. The highest BCUT2D eigenvalue weighted by molar-refractivity contribution is 5.41. The first kappa shape index (κ1) is 14.4. The molecule has 2 rings (SSSR count). The van der Waals surface area contributed by atoms with Gasteiger partial charge in [-0.3, -0.25) is 0 Å². The molecule has 0 saturated heterocycles. The fourth-order valence-electron chi connectivity index (χ4n) is 2.10. The summed E-state index contributed by atoms with van der Waals surface area (Å²) in [6.07, 6.45) is 4.28. The SMILES string of the molecule is CCCNC(c1ccnnc1)c1cc(F)ccc1OC. The molecule has 0 amide bonds. The van der Waals surface area contributed by atoms with E-state index in [1.165, 1.54) is 12.1 Å². The Bertz CT molecular complexity index is 548. The van der Waals surface area contributed by atoms with Gasteiger partial charge in [-0.15, -0.1) is 0 Å². The Balaban J connectivity index is 2.43. The Morgan fingerprint density at radius 1 is 1.30 bits per heavy atom. The maximum Gasteiger partial charge on any atom is 0.124 e. The van der Waals surface area contributed by atoms with Crippen LogP contribution >= 0.6 is 0 Å². The summed E-state index contributed by atoms with van der Waals surface area (Å²) in [7, 11) is 1.58. The first-order chi connectivity index (χ1) is 9.76. The molecule has 4 nitrogen and oxygen atoms in total. The number of hydrogen-bond acceptors (Lipinski definition) is 4. The molecule has 1 atom stereocenters. The maximum absolute atomic E-state index is 13.6. The predicted molar refractivity (Wildman–Crippen MR) is 75.1 cm³/mol. The normalized spacial score (nSPS) is 12.2. The van der Waals surface area contributed by atoms with Gasteiger partial charge in [0.1, 0.15) is 11.6 Å². The summed E-state index contributed by atoms with van der Waals surface area (Å²) in [5, 5.41) is 11.1. The third kappa shape index (κ3) is 3.30. The van der Waals surface area contributed by atoms with E-state index in [-0.39, 0.29) is 11.9 Å². The first-order valence-corrected chi connectivity index (χ1v) is 6.59. The second-order valence-corrected chi connectivity index (χ2v) is 4.45. The molecule has 20 heavy (non-hydrogen) atoms. The second-order valence-electron chi connectivity index (χ2n) is 4.45. The Morgan fingerprint density at radius 2 is 2.15 bits per heavy atom. The lowest BCUT2D eigenvalue weighted by atomic mass is 9.99. The number of methoxy groups -OCH3 is 1. The minimum atomic E-state index is -0.286. The molecule has 2 aromatic rings. The molecule has 5 heteroatoms. The van der Waals surface area contributed by atoms with Crippen molar-refractivity contribution in [1.29, 1.82) is 0 Å². The van der Waals surface area contributed by atoms with Gasteiger partial charge < -0.3 is 10.1 Å². The summed E-state index contributed by atoms with van der Waals surface area (Å²) >= 11 is 0. The highest BCUT2D eigenvalue weighted by Crippen LogP contribution is 2.30. The monoisotopic (exact) mass is 275 g/mol. The number of nitrogens with zero attached hydrogens (tertiary/aromatic N) is 2. The van der Waals surface area contributed by atoms with Gasteiger partial charge in [0.25, 0.3) is 0 Å². The largest absolute Gasteiger partial charge is 0.496 e. The number of aromatic nitrogens is 2. The molecule has 0 aliphatic rings. The molecule has 0 radical (unpaired) electrons. The van der Waals surface area contributed by atoms with Gasteiger partial charge in [-0.05, 0) is 42.8 Å². The van der Waals surface area contributed by atoms with Crippen LogP contribution in [0.3, 0.4) is 0 Å². The van der Waals surface area contributed by atoms with Gasteiger partial charge in [0.2, 0.25) is 0 Å². The molecular formula is C15H18FN3O. The summed E-state index contributed by atoms with van der Waals surface area (Å²) in [6.45, 7) is 2.89. The van der Waals surface area contributed by atoms with Gasteiger partial charge in [0.05, 0.1) is 19.3 Å². The molecule has 1 aromatic heterocycles. The third-order valence-corrected chi connectivity index (χ3v) is 3.04. The van der Waals surface area contributed by atoms with Crippen LogP contribution in [0.15, 0.2) is 36.7 Å². The minimum Gasteiger partial charge on any atom is -0.496 e. The molecular weight excluding hydrogens is 257 g/mol. The van der Waals surface area contributed by atoms with E-state index in [0.29, 0.717) is 5.75 Å². The molecule has 0 bridgehead atoms. The zero-order chi connectivity index (χ0) is 14.4. The van der Waals surface area contributed by atoms with Crippen LogP contribution < -0.4 is 10.1 Å². The summed E-state index contributed by atoms with van der Waals surface area (Å²) in [5.74, 6) is 0.364. The third-order valence-electron chi connectivity index (χ3n) is 3.04. The van der Waals surface area contributed by atoms with Gasteiger partial charge in [0, 0.05) is 11.8 Å². The molecule has 0 fully saturated rings. The van der Waals surface area contributed by atoms with Crippen molar-refractivity contribution in [3.63, 3.8) is 0 Å². The predicted octanol–water partition coefficient (Wildman–Crippen LogP) is 2.71. The lowest BCUT2D eigenvalue weighted by Gasteiger charge is -2.21. The van der Waals surface area contributed by atoms with Crippen LogP contribution in [-0.2, 0) is 0 Å². The number of ether oxygens (including phenoxy) is 1. The van der Waals surface area contributed by atoms with E-state index < -0.39 is 0 Å². The van der Waals surface area contributed by atoms with Crippen molar-refractivity contribution < 1.29 is 9.13 Å². The van der Waals surface area contributed by atoms with Gasteiger partial charge >= 0.3 is 0 Å². The average Bonchev–Trinajstić information content (AvgIpc) is 2.49. The van der Waals surface area contributed by atoms with Crippen molar-refractivity contribution >= 4 is 0 Å². The van der Waals surface area contributed by atoms with E-state index in [9.17, 15) is 4.39 Å². The molecule has 0 aliphatic carbocycles. The van der Waals surface area contributed by atoms with E-state index in [2.05, 4.69) is 22.4 Å². The van der Waals surface area contributed by atoms with Crippen LogP contribution in [0.1, 0.15) is 30.5 Å². The smallest absolute Gasteiger partial charge is 0.124 e. The molecule has 1 heterocycles. The lowest BCUT2D eigenvalue weighted by molar-refractivity contribution is 0.402. The van der Waals surface area contributed by atoms with Crippen LogP contribution in [0, 0.1) is 5.82 Å². The Hall–Kier alpha value is -2.01. The molecule has 1 aromatic carbocycles. The molecule has 0 aliphatic heterocycles. The quantitative estimate of drug-likeness (QED) is 0.880. The van der Waals surface area contributed by atoms with Crippen LogP contribution in [-0.4, -0.2) is 23.9 Å². The highest BCUT2D eigenvalue weighted by atomic mass is 19.1. The number of nitrogens with one attached hydrogen (secondary N) is 1. The van der Waals surface area contributed by atoms with Crippen LogP contribution in [0.25, 0.3) is 0 Å². The molecule has 0 spiro atoms. The molecule has 0 saturated carbocycles. The molecule has 106 valence electrons. The molecule has 1 unspecified atom stereocenters. The van der Waals surface area contributed by atoms with Gasteiger partial charge in [-0.2, -0.15) is 10.2 Å². The number of hydrogen-bond donors (Lipinski definition) is 1. The fraction of sp³-hybridized carbons (Fsp3) is 0.333. The van der Waals surface area contributed by atoms with Crippen LogP contribution in [0.5, 0.6) is 5.75 Å². The van der Waals surface area contributed by atoms with Crippen molar-refractivity contribution in [2.45, 2.75) is 19.4 Å². The number of halogens is 1. The van der Waals surface area contributed by atoms with Crippen LogP contribution in [0.2, 0.25) is 0 Å². The molecule has 1 N–H and O–H groups in total. The highest BCUT2D eigenvalue weighted by Gasteiger charge is 2.18. The van der Waals surface area contributed by atoms with Crippen molar-refractivity contribution in [2.24, 2.45) is 0 Å². The van der Waals surface area contributed by atoms with Gasteiger partial charge in [-0.25, -0.2) is 4.39 Å². The van der Waals surface area contributed by atoms with E-state index in [1.807, 2.05) is 6.07 Å². The zero-order valence-electron chi connectivity index (χ0n) is 11.6. The minimum absolute atomic E-state index is 0.170. The summed E-state index contributed by atoms with van der Waals surface area (Å²) < 4.78 is 18.9. The van der Waals surface area contributed by atoms with E-state index in [1.54, 1.807) is 25.6 Å². The average molecular weight is 275 g/mol. The van der Waals surface area contributed by atoms with E-state index >= 15 is 0 Å². The van der Waals surface area contributed by atoms with Gasteiger partial charge in [0.15, 0.2) is 0 Å². The Labute approximate surface area is 118 Å². The summed E-state index contributed by atoms with van der Waals surface area (Å²) in [6, 6.07) is 6.22. The van der Waals surface area contributed by atoms with E-state index in [0.717, 1.165) is 24.1 Å². The maximum atomic E-state index is 13.6. The standard InChI is InChI=1S/C15H18FN3O/c1-3-7-17-15(11-6-8-18-19-10-11)13-9-12(16)4-5-14(13)20-2/h4-6,8-10,15,17H,3,7H2,1-2H3. The fourth-order valence-corrected chi connectivity index (χ4v) is 2.10. The van der Waals surface area contributed by atoms with E-state index in [4.69, 9.17) is 4.74 Å². The zero-order valence-corrected chi connectivity index (χ0v) is 11.6. The number of benzene rings is 1. The van der Waals surface area contributed by atoms with Crippen molar-refractivity contribution in [1.82, 2.24) is 15.5 Å². The van der Waals surface area contributed by atoms with Crippen molar-refractivity contribution in [2.75, 3.05) is 13.7 Å². The first-order valence-electron chi connectivity index (χ1n) is 6.59. The Kier molecular flexibility index (Phi) is 5.01. The van der Waals surface area contributed by atoms with Crippen molar-refractivity contribution in [3.05, 3.63) is 53.6 Å². The van der Waals surface area contributed by atoms with Crippen molar-refractivity contribution in [3.8, 4) is 5.75 Å².